The molecule has 0 aliphatic carbocycles. The van der Waals surface area contributed by atoms with Gasteiger partial charge >= 0.3 is 0 Å². The van der Waals surface area contributed by atoms with Crippen LogP contribution in [0.2, 0.25) is 0 Å². The monoisotopic (exact) mass is 405 g/mol. The van der Waals surface area contributed by atoms with Crippen molar-refractivity contribution in [3.63, 3.8) is 0 Å². The van der Waals surface area contributed by atoms with Crippen LogP contribution >= 0.6 is 0 Å². The average Bonchev–Trinajstić information content (AvgIpc) is 2.78. The summed E-state index contributed by atoms with van der Waals surface area (Å²) in [6.07, 6.45) is 1.54. The summed E-state index contributed by atoms with van der Waals surface area (Å²) in [5, 5.41) is 12.4. The molecule has 0 atom stereocenters. The second-order valence-electron chi connectivity index (χ2n) is 7.09. The van der Waals surface area contributed by atoms with Gasteiger partial charge < -0.3 is 14.7 Å². The van der Waals surface area contributed by atoms with Gasteiger partial charge in [0, 0.05) is 25.9 Å². The molecule has 0 saturated carbocycles. The predicted octanol–water partition coefficient (Wildman–Crippen LogP) is 2.34. The Kier molecular flexibility index (Phi) is 5.54. The first-order chi connectivity index (χ1) is 14.6. The van der Waals surface area contributed by atoms with E-state index in [0.717, 1.165) is 11.1 Å². The third-order valence-corrected chi connectivity index (χ3v) is 5.23. The molecule has 1 amide bonds. The van der Waals surface area contributed by atoms with Gasteiger partial charge in [-0.05, 0) is 11.1 Å². The third-order valence-electron chi connectivity index (χ3n) is 5.23. The summed E-state index contributed by atoms with van der Waals surface area (Å²) in [6, 6.07) is 20.9. The highest BCUT2D eigenvalue weighted by Crippen LogP contribution is 2.31. The Bertz CT molecular complexity index is 1040. The summed E-state index contributed by atoms with van der Waals surface area (Å²) in [7, 11) is 1.57. The number of carbonyl (C=O) groups excluding carboxylic acids is 1. The fourth-order valence-electron chi connectivity index (χ4n) is 3.77. The van der Waals surface area contributed by atoms with Crippen LogP contribution in [0, 0.1) is 0 Å². The van der Waals surface area contributed by atoms with E-state index in [1.165, 1.54) is 6.07 Å². The van der Waals surface area contributed by atoms with E-state index in [-0.39, 0.29) is 18.4 Å². The minimum absolute atomic E-state index is 0.0401. The van der Waals surface area contributed by atoms with Gasteiger partial charge in [-0.2, -0.15) is 0 Å². The van der Waals surface area contributed by atoms with Crippen molar-refractivity contribution in [2.24, 2.45) is 0 Å². The third kappa shape index (κ3) is 3.55. The Balaban J connectivity index is 1.90. The lowest BCUT2D eigenvalue weighted by atomic mass is 9.98. The lowest BCUT2D eigenvalue weighted by Crippen LogP contribution is -2.56. The standard InChI is InChI=1S/C23H23N3O4/c1-30-15-14-24-16-26(25-13-12-19(27)22(28)21(25)23(24)29)20(17-8-4-2-5-9-17)18-10-6-3-7-11-18/h2-13,20,28H,14-16H2,1H3. The second-order valence-corrected chi connectivity index (χ2v) is 7.09. The zero-order chi connectivity index (χ0) is 21.1. The molecule has 0 saturated heterocycles. The van der Waals surface area contributed by atoms with E-state index >= 15 is 0 Å². The molecule has 0 fully saturated rings. The van der Waals surface area contributed by atoms with Gasteiger partial charge in [-0.15, -0.1) is 0 Å². The van der Waals surface area contributed by atoms with Crippen molar-refractivity contribution >= 4 is 5.91 Å². The number of aromatic hydroxyl groups is 1. The highest BCUT2D eigenvalue weighted by Gasteiger charge is 2.36. The van der Waals surface area contributed by atoms with Crippen LogP contribution in [-0.2, 0) is 4.74 Å². The maximum absolute atomic E-state index is 13.1. The highest BCUT2D eigenvalue weighted by atomic mass is 16.5. The second kappa shape index (κ2) is 8.42. The van der Waals surface area contributed by atoms with Crippen molar-refractivity contribution in [2.45, 2.75) is 6.04 Å². The minimum atomic E-state index is -0.584. The smallest absolute Gasteiger partial charge is 0.277 e. The molecule has 0 bridgehead atoms. The van der Waals surface area contributed by atoms with E-state index in [0.29, 0.717) is 13.2 Å². The molecule has 2 heterocycles. The fourth-order valence-corrected chi connectivity index (χ4v) is 3.77. The summed E-state index contributed by atoms with van der Waals surface area (Å²) in [5.41, 5.74) is 1.42. The lowest BCUT2D eigenvalue weighted by molar-refractivity contribution is 0.0614. The number of benzene rings is 2. The van der Waals surface area contributed by atoms with Crippen molar-refractivity contribution in [1.82, 2.24) is 9.58 Å². The fraction of sp³-hybridized carbons (Fsp3) is 0.217. The number of hydrogen-bond acceptors (Lipinski definition) is 5. The number of aromatic nitrogens is 1. The number of amides is 1. The maximum Gasteiger partial charge on any atom is 0.277 e. The molecule has 1 aromatic heterocycles. The number of ether oxygens (including phenoxy) is 1. The van der Waals surface area contributed by atoms with Crippen LogP contribution < -0.4 is 10.4 Å². The number of carbonyl (C=O) groups is 1. The number of rotatable bonds is 6. The molecule has 2 aromatic carbocycles. The van der Waals surface area contributed by atoms with E-state index < -0.39 is 17.1 Å². The van der Waals surface area contributed by atoms with Crippen LogP contribution in [0.3, 0.4) is 0 Å². The molecule has 154 valence electrons. The van der Waals surface area contributed by atoms with Crippen LogP contribution in [0.15, 0.2) is 77.7 Å². The summed E-state index contributed by atoms with van der Waals surface area (Å²) in [5.74, 6) is -0.951. The molecule has 1 aliphatic rings. The zero-order valence-corrected chi connectivity index (χ0v) is 16.6. The number of fused-ring (bicyclic) bond motifs is 1. The van der Waals surface area contributed by atoms with Crippen LogP contribution in [-0.4, -0.2) is 47.5 Å². The molecular formula is C23H23N3O4. The van der Waals surface area contributed by atoms with Gasteiger partial charge in [-0.1, -0.05) is 60.7 Å². The van der Waals surface area contributed by atoms with E-state index in [4.69, 9.17) is 4.74 Å². The van der Waals surface area contributed by atoms with Gasteiger partial charge in [0.2, 0.25) is 5.43 Å². The Labute approximate surface area is 174 Å². The number of pyridine rings is 1. The molecule has 0 spiro atoms. The summed E-state index contributed by atoms with van der Waals surface area (Å²) < 4.78 is 6.75. The van der Waals surface area contributed by atoms with Gasteiger partial charge in [-0.25, -0.2) is 0 Å². The summed E-state index contributed by atoms with van der Waals surface area (Å²) >= 11 is 0. The molecule has 3 aromatic rings. The van der Waals surface area contributed by atoms with E-state index in [1.54, 1.807) is 22.9 Å². The first-order valence-corrected chi connectivity index (χ1v) is 9.71. The Morgan fingerprint density at radius 2 is 1.57 bits per heavy atom. The van der Waals surface area contributed by atoms with E-state index in [1.807, 2.05) is 65.7 Å². The molecule has 7 nitrogen and oxygen atoms in total. The predicted molar refractivity (Wildman–Crippen MR) is 113 cm³/mol. The van der Waals surface area contributed by atoms with Crippen molar-refractivity contribution in [3.05, 3.63) is 100.0 Å². The number of nitrogens with zero attached hydrogens (tertiary/aromatic N) is 3. The van der Waals surface area contributed by atoms with Gasteiger partial charge in [0.1, 0.15) is 6.67 Å². The topological polar surface area (TPSA) is 75.0 Å². The normalized spacial score (nSPS) is 13.6. The molecule has 0 radical (unpaired) electrons. The quantitative estimate of drug-likeness (QED) is 0.681. The molecular weight excluding hydrogens is 382 g/mol. The minimum Gasteiger partial charge on any atom is -0.502 e. The van der Waals surface area contributed by atoms with Gasteiger partial charge in [0.15, 0.2) is 11.4 Å². The van der Waals surface area contributed by atoms with Crippen LogP contribution in [0.25, 0.3) is 0 Å². The van der Waals surface area contributed by atoms with Crippen LogP contribution in [0.4, 0.5) is 0 Å². The van der Waals surface area contributed by atoms with Crippen molar-refractivity contribution in [1.29, 1.82) is 0 Å². The lowest BCUT2D eigenvalue weighted by Gasteiger charge is -2.44. The Morgan fingerprint density at radius 1 is 0.967 bits per heavy atom. The molecule has 30 heavy (non-hydrogen) atoms. The van der Waals surface area contributed by atoms with Gasteiger partial charge in [-0.3, -0.25) is 19.3 Å². The van der Waals surface area contributed by atoms with Gasteiger partial charge in [0.25, 0.3) is 5.91 Å². The Hall–Kier alpha value is -3.58. The summed E-state index contributed by atoms with van der Waals surface area (Å²) in [6.45, 7) is 0.954. The largest absolute Gasteiger partial charge is 0.502 e. The first-order valence-electron chi connectivity index (χ1n) is 9.71. The number of hydrogen-bond donors (Lipinski definition) is 1. The zero-order valence-electron chi connectivity index (χ0n) is 16.6. The maximum atomic E-state index is 13.1. The average molecular weight is 405 g/mol. The van der Waals surface area contributed by atoms with Crippen molar-refractivity contribution in [3.8, 4) is 5.75 Å². The van der Waals surface area contributed by atoms with Crippen molar-refractivity contribution < 1.29 is 14.6 Å². The summed E-state index contributed by atoms with van der Waals surface area (Å²) in [4.78, 5) is 26.7. The van der Waals surface area contributed by atoms with E-state index in [2.05, 4.69) is 0 Å². The molecule has 1 N–H and O–H groups in total. The van der Waals surface area contributed by atoms with E-state index in [9.17, 15) is 14.7 Å². The van der Waals surface area contributed by atoms with Crippen molar-refractivity contribution in [2.75, 3.05) is 31.9 Å². The number of methoxy groups -OCH3 is 1. The van der Waals surface area contributed by atoms with Crippen LogP contribution in [0.1, 0.15) is 27.7 Å². The van der Waals surface area contributed by atoms with Gasteiger partial charge in [0.05, 0.1) is 12.6 Å². The molecule has 7 heteroatoms. The molecule has 4 rings (SSSR count). The Morgan fingerprint density at radius 3 is 2.13 bits per heavy atom. The first kappa shape index (κ1) is 19.7. The molecule has 0 unspecified atom stereocenters. The SMILES string of the molecule is COCCN1CN(C(c2ccccc2)c2ccccc2)n2ccc(=O)c(O)c2C1=O. The highest BCUT2D eigenvalue weighted by molar-refractivity contribution is 5.96. The molecule has 1 aliphatic heterocycles. The van der Waals surface area contributed by atoms with Crippen LogP contribution in [0.5, 0.6) is 5.75 Å².